The molecule has 0 aliphatic carbocycles. The quantitative estimate of drug-likeness (QED) is 0.516. The van der Waals surface area contributed by atoms with Gasteiger partial charge in [-0.05, 0) is 67.1 Å². The SMILES string of the molecule is COc1ccc2nccc(C(O)CC[C@@H]3CCN(c4ccc(Cl)s4)C[C@@H]3C(=O)O)c2c1. The number of rotatable bonds is 7. The van der Waals surface area contributed by atoms with Crippen LogP contribution >= 0.6 is 22.9 Å². The number of aliphatic hydroxyl groups is 1. The van der Waals surface area contributed by atoms with Crippen LogP contribution in [0.4, 0.5) is 5.00 Å². The number of fused-ring (bicyclic) bond motifs is 1. The van der Waals surface area contributed by atoms with Crippen LogP contribution in [0, 0.1) is 11.8 Å². The molecule has 1 aliphatic heterocycles. The van der Waals surface area contributed by atoms with Crippen molar-refractivity contribution in [2.75, 3.05) is 25.1 Å². The Balaban J connectivity index is 1.46. The van der Waals surface area contributed by atoms with Crippen molar-refractivity contribution in [1.82, 2.24) is 4.98 Å². The molecule has 6 nitrogen and oxygen atoms in total. The fourth-order valence-corrected chi connectivity index (χ4v) is 5.46. The molecule has 1 unspecified atom stereocenters. The number of carbonyl (C=O) groups is 1. The lowest BCUT2D eigenvalue weighted by Crippen LogP contribution is -2.43. The summed E-state index contributed by atoms with van der Waals surface area (Å²) in [6.45, 7) is 1.25. The number of benzene rings is 1. The van der Waals surface area contributed by atoms with E-state index in [-0.39, 0.29) is 5.92 Å². The van der Waals surface area contributed by atoms with E-state index in [4.69, 9.17) is 16.3 Å². The van der Waals surface area contributed by atoms with Crippen molar-refractivity contribution in [3.8, 4) is 5.75 Å². The second-order valence-corrected chi connectivity index (χ2v) is 9.59. The molecular weight excluding hydrogens is 436 g/mol. The smallest absolute Gasteiger partial charge is 0.308 e. The van der Waals surface area contributed by atoms with E-state index < -0.39 is 18.0 Å². The van der Waals surface area contributed by atoms with Crippen LogP contribution in [0.25, 0.3) is 10.9 Å². The summed E-state index contributed by atoms with van der Waals surface area (Å²) in [5, 5.41) is 22.6. The van der Waals surface area contributed by atoms with E-state index in [0.717, 1.165) is 34.4 Å². The molecular formula is C23H25ClN2O4S. The molecule has 0 spiro atoms. The number of carboxylic acid groups (broad SMARTS) is 1. The fraction of sp³-hybridized carbons (Fsp3) is 0.391. The maximum atomic E-state index is 12.0. The van der Waals surface area contributed by atoms with Crippen LogP contribution < -0.4 is 9.64 Å². The van der Waals surface area contributed by atoms with E-state index >= 15 is 0 Å². The number of ether oxygens (including phenoxy) is 1. The standard InChI is InChI=1S/C23H25ClN2O4S/c1-30-15-3-4-19-17(12-15)16(8-10-25-19)20(27)5-2-14-9-11-26(13-18(14)23(28)29)22-7-6-21(24)31-22/h3-4,6-8,10,12,14,18,20,27H,2,5,9,11,13H2,1H3,(H,28,29)/t14-,18+,20?/m1/s1. The van der Waals surface area contributed by atoms with Gasteiger partial charge in [-0.25, -0.2) is 0 Å². The van der Waals surface area contributed by atoms with Crippen molar-refractivity contribution in [1.29, 1.82) is 0 Å². The number of aliphatic carboxylic acids is 1. The zero-order valence-corrected chi connectivity index (χ0v) is 18.8. The molecule has 0 amide bonds. The maximum Gasteiger partial charge on any atom is 0.308 e. The number of hydrogen-bond acceptors (Lipinski definition) is 6. The van der Waals surface area contributed by atoms with Gasteiger partial charge in [-0.2, -0.15) is 0 Å². The topological polar surface area (TPSA) is 82.9 Å². The molecule has 164 valence electrons. The first-order valence-electron chi connectivity index (χ1n) is 10.3. The highest BCUT2D eigenvalue weighted by molar-refractivity contribution is 7.19. The van der Waals surface area contributed by atoms with Gasteiger partial charge in [0.25, 0.3) is 0 Å². The average Bonchev–Trinajstić information content (AvgIpc) is 3.22. The summed E-state index contributed by atoms with van der Waals surface area (Å²) in [6, 6.07) is 11.2. The van der Waals surface area contributed by atoms with Crippen molar-refractivity contribution in [3.05, 3.63) is 52.5 Å². The number of aromatic nitrogens is 1. The second kappa shape index (κ2) is 9.42. The van der Waals surface area contributed by atoms with Gasteiger partial charge < -0.3 is 19.8 Å². The highest BCUT2D eigenvalue weighted by atomic mass is 35.5. The minimum absolute atomic E-state index is 0.0153. The molecule has 1 fully saturated rings. The number of hydrogen-bond donors (Lipinski definition) is 2. The summed E-state index contributed by atoms with van der Waals surface area (Å²) >= 11 is 7.52. The van der Waals surface area contributed by atoms with Gasteiger partial charge in [0.1, 0.15) is 5.75 Å². The largest absolute Gasteiger partial charge is 0.497 e. The third kappa shape index (κ3) is 4.79. The highest BCUT2D eigenvalue weighted by Crippen LogP contribution is 2.37. The van der Waals surface area contributed by atoms with Gasteiger partial charge in [-0.3, -0.25) is 9.78 Å². The normalized spacial score (nSPS) is 20.0. The molecule has 8 heteroatoms. The van der Waals surface area contributed by atoms with Crippen LogP contribution in [0.5, 0.6) is 5.75 Å². The second-order valence-electron chi connectivity index (χ2n) is 7.89. The molecule has 31 heavy (non-hydrogen) atoms. The molecule has 4 rings (SSSR count). The van der Waals surface area contributed by atoms with Crippen molar-refractivity contribution in [2.24, 2.45) is 11.8 Å². The molecule has 0 bridgehead atoms. The molecule has 2 N–H and O–H groups in total. The number of carboxylic acids is 1. The van der Waals surface area contributed by atoms with Crippen LogP contribution in [0.2, 0.25) is 4.34 Å². The van der Waals surface area contributed by atoms with Crippen LogP contribution in [0.15, 0.2) is 42.6 Å². The first-order chi connectivity index (χ1) is 15.0. The van der Waals surface area contributed by atoms with E-state index in [1.54, 1.807) is 13.3 Å². The minimum atomic E-state index is -0.786. The summed E-state index contributed by atoms with van der Waals surface area (Å²) in [4.78, 5) is 18.4. The Hall–Kier alpha value is -2.35. The number of piperidine rings is 1. The van der Waals surface area contributed by atoms with Gasteiger partial charge >= 0.3 is 5.97 Å². The third-order valence-electron chi connectivity index (χ3n) is 6.10. The Morgan fingerprint density at radius 1 is 1.35 bits per heavy atom. The number of aliphatic hydroxyl groups excluding tert-OH is 1. The summed E-state index contributed by atoms with van der Waals surface area (Å²) < 4.78 is 6.02. The predicted molar refractivity (Wildman–Crippen MR) is 123 cm³/mol. The van der Waals surface area contributed by atoms with Crippen LogP contribution in [-0.2, 0) is 4.79 Å². The zero-order valence-electron chi connectivity index (χ0n) is 17.2. The number of halogens is 1. The fourth-order valence-electron chi connectivity index (χ4n) is 4.39. The lowest BCUT2D eigenvalue weighted by molar-refractivity contribution is -0.144. The molecule has 3 aromatic rings. The van der Waals surface area contributed by atoms with Gasteiger partial charge in [0.2, 0.25) is 0 Å². The number of nitrogens with zero attached hydrogens (tertiary/aromatic N) is 2. The Morgan fingerprint density at radius 2 is 2.19 bits per heavy atom. The Kier molecular flexibility index (Phi) is 6.65. The van der Waals surface area contributed by atoms with E-state index in [0.29, 0.717) is 29.5 Å². The van der Waals surface area contributed by atoms with E-state index in [1.165, 1.54) is 11.3 Å². The monoisotopic (exact) mass is 460 g/mol. The number of anilines is 1. The summed E-state index contributed by atoms with van der Waals surface area (Å²) in [5.74, 6) is -0.538. The van der Waals surface area contributed by atoms with Crippen LogP contribution in [-0.4, -0.2) is 41.4 Å². The molecule has 1 saturated heterocycles. The van der Waals surface area contributed by atoms with Crippen molar-refractivity contribution in [2.45, 2.75) is 25.4 Å². The van der Waals surface area contributed by atoms with Crippen molar-refractivity contribution in [3.63, 3.8) is 0 Å². The number of methoxy groups -OCH3 is 1. The van der Waals surface area contributed by atoms with E-state index in [2.05, 4.69) is 9.88 Å². The highest BCUT2D eigenvalue weighted by Gasteiger charge is 2.35. The van der Waals surface area contributed by atoms with Crippen LogP contribution in [0.3, 0.4) is 0 Å². The molecule has 3 atom stereocenters. The Labute approximate surface area is 190 Å². The van der Waals surface area contributed by atoms with Gasteiger partial charge in [-0.15, -0.1) is 11.3 Å². The zero-order chi connectivity index (χ0) is 22.0. The summed E-state index contributed by atoms with van der Waals surface area (Å²) in [6.07, 6.45) is 2.91. The summed E-state index contributed by atoms with van der Waals surface area (Å²) in [5.41, 5.74) is 1.59. The minimum Gasteiger partial charge on any atom is -0.497 e. The Bertz CT molecular complexity index is 1070. The molecule has 3 heterocycles. The Morgan fingerprint density at radius 3 is 2.90 bits per heavy atom. The lowest BCUT2D eigenvalue weighted by atomic mass is 9.81. The van der Waals surface area contributed by atoms with E-state index in [1.807, 2.05) is 36.4 Å². The maximum absolute atomic E-state index is 12.0. The molecule has 1 aliphatic rings. The third-order valence-corrected chi connectivity index (χ3v) is 7.39. The molecule has 1 aromatic carbocycles. The number of pyridine rings is 1. The van der Waals surface area contributed by atoms with Gasteiger partial charge in [0.15, 0.2) is 0 Å². The lowest BCUT2D eigenvalue weighted by Gasteiger charge is -2.37. The van der Waals surface area contributed by atoms with E-state index in [9.17, 15) is 15.0 Å². The predicted octanol–water partition coefficient (Wildman–Crippen LogP) is 5.00. The summed E-state index contributed by atoms with van der Waals surface area (Å²) in [7, 11) is 1.61. The van der Waals surface area contributed by atoms with Gasteiger partial charge in [-0.1, -0.05) is 11.6 Å². The average molecular weight is 461 g/mol. The van der Waals surface area contributed by atoms with Crippen LogP contribution in [0.1, 0.15) is 30.9 Å². The molecule has 0 radical (unpaired) electrons. The number of thiophene rings is 1. The first-order valence-corrected chi connectivity index (χ1v) is 11.5. The van der Waals surface area contributed by atoms with Gasteiger partial charge in [0, 0.05) is 24.7 Å². The van der Waals surface area contributed by atoms with Crippen molar-refractivity contribution < 1.29 is 19.7 Å². The first kappa shape index (κ1) is 21.9. The molecule has 2 aromatic heterocycles. The van der Waals surface area contributed by atoms with Gasteiger partial charge in [0.05, 0.1) is 34.0 Å². The van der Waals surface area contributed by atoms with Crippen molar-refractivity contribution >= 4 is 44.8 Å². The molecule has 0 saturated carbocycles.